The fourth-order valence-corrected chi connectivity index (χ4v) is 3.16. The molecule has 0 bridgehead atoms. The van der Waals surface area contributed by atoms with Crippen molar-refractivity contribution in [3.8, 4) is 5.69 Å². The van der Waals surface area contributed by atoms with Crippen LogP contribution in [0.4, 0.5) is 0 Å². The number of para-hydroxylation sites is 1. The minimum absolute atomic E-state index is 0.0234. The number of aliphatic carboxylic acids is 1. The Morgan fingerprint density at radius 3 is 2.46 bits per heavy atom. The predicted molar refractivity (Wildman–Crippen MR) is 89.1 cm³/mol. The third kappa shape index (κ3) is 3.48. The number of rotatable bonds is 4. The summed E-state index contributed by atoms with van der Waals surface area (Å²) < 4.78 is 1.75. The van der Waals surface area contributed by atoms with E-state index in [0.717, 1.165) is 11.4 Å². The third-order valence-corrected chi connectivity index (χ3v) is 4.53. The Kier molecular flexibility index (Phi) is 4.64. The minimum Gasteiger partial charge on any atom is -0.481 e. The number of carboxylic acids is 1. The summed E-state index contributed by atoms with van der Waals surface area (Å²) >= 11 is 0. The van der Waals surface area contributed by atoms with Crippen molar-refractivity contribution in [1.29, 1.82) is 0 Å². The minimum atomic E-state index is -0.739. The number of hydrogen-bond donors (Lipinski definition) is 2. The number of benzene rings is 1. The first-order valence-corrected chi connectivity index (χ1v) is 8.20. The maximum absolute atomic E-state index is 12.4. The fraction of sp³-hybridized carbons (Fsp3) is 0.389. The van der Waals surface area contributed by atoms with Gasteiger partial charge in [-0.1, -0.05) is 18.2 Å². The van der Waals surface area contributed by atoms with Crippen molar-refractivity contribution >= 4 is 11.9 Å². The molecule has 1 heterocycles. The van der Waals surface area contributed by atoms with Crippen LogP contribution in [0.1, 0.15) is 41.9 Å². The van der Waals surface area contributed by atoms with Crippen molar-refractivity contribution in [3.05, 3.63) is 47.8 Å². The van der Waals surface area contributed by atoms with Gasteiger partial charge in [-0.05, 0) is 50.8 Å². The predicted octanol–water partition coefficient (Wildman–Crippen LogP) is 2.55. The van der Waals surface area contributed by atoms with E-state index >= 15 is 0 Å². The molecule has 0 radical (unpaired) electrons. The van der Waals surface area contributed by atoms with Crippen LogP contribution in [0.2, 0.25) is 0 Å². The highest BCUT2D eigenvalue weighted by atomic mass is 16.4. The monoisotopic (exact) mass is 327 g/mol. The molecule has 1 saturated carbocycles. The molecule has 1 aliphatic rings. The topological polar surface area (TPSA) is 84.2 Å². The Labute approximate surface area is 140 Å². The molecule has 0 aliphatic heterocycles. The number of carboxylic acid groups (broad SMARTS) is 1. The standard InChI is InChI=1S/C18H21N3O3/c1-12-11-16(20-21(12)15-5-3-2-4-6-15)17(22)19-14-9-7-13(8-10-14)18(23)24/h2-6,11,13-14H,7-10H2,1H3,(H,19,22)(H,23,24). The van der Waals surface area contributed by atoms with E-state index in [1.165, 1.54) is 0 Å². The SMILES string of the molecule is Cc1cc(C(=O)NC2CCC(C(=O)O)CC2)nn1-c1ccccc1. The summed E-state index contributed by atoms with van der Waals surface area (Å²) in [6, 6.07) is 11.5. The largest absolute Gasteiger partial charge is 0.481 e. The molecule has 0 atom stereocenters. The molecule has 1 aromatic heterocycles. The van der Waals surface area contributed by atoms with E-state index in [4.69, 9.17) is 5.11 Å². The highest BCUT2D eigenvalue weighted by Crippen LogP contribution is 2.24. The molecule has 1 fully saturated rings. The lowest BCUT2D eigenvalue weighted by molar-refractivity contribution is -0.142. The first kappa shape index (κ1) is 16.2. The summed E-state index contributed by atoms with van der Waals surface area (Å²) in [5.41, 5.74) is 2.19. The molecule has 0 saturated heterocycles. The average molecular weight is 327 g/mol. The quantitative estimate of drug-likeness (QED) is 0.904. The Hall–Kier alpha value is -2.63. The summed E-state index contributed by atoms with van der Waals surface area (Å²) in [5, 5.41) is 16.4. The number of nitrogens with zero attached hydrogens (tertiary/aromatic N) is 2. The van der Waals surface area contributed by atoms with Crippen LogP contribution in [0.5, 0.6) is 0 Å². The van der Waals surface area contributed by atoms with Gasteiger partial charge in [0.2, 0.25) is 0 Å². The second kappa shape index (κ2) is 6.86. The number of hydrogen-bond acceptors (Lipinski definition) is 3. The summed E-state index contributed by atoms with van der Waals surface area (Å²) in [7, 11) is 0. The van der Waals surface area contributed by atoms with E-state index in [1.807, 2.05) is 37.3 Å². The second-order valence-electron chi connectivity index (χ2n) is 6.28. The third-order valence-electron chi connectivity index (χ3n) is 4.53. The molecule has 1 amide bonds. The number of nitrogens with one attached hydrogen (secondary N) is 1. The van der Waals surface area contributed by atoms with Crippen LogP contribution < -0.4 is 5.32 Å². The van der Waals surface area contributed by atoms with Gasteiger partial charge in [-0.15, -0.1) is 0 Å². The zero-order valence-electron chi connectivity index (χ0n) is 13.6. The Balaban J connectivity index is 1.65. The van der Waals surface area contributed by atoms with E-state index in [2.05, 4.69) is 10.4 Å². The van der Waals surface area contributed by atoms with Crippen molar-refractivity contribution < 1.29 is 14.7 Å². The van der Waals surface area contributed by atoms with E-state index < -0.39 is 5.97 Å². The van der Waals surface area contributed by atoms with Crippen LogP contribution in [-0.4, -0.2) is 32.8 Å². The summed E-state index contributed by atoms with van der Waals surface area (Å²) in [5.74, 6) is -1.22. The Morgan fingerprint density at radius 2 is 1.83 bits per heavy atom. The van der Waals surface area contributed by atoms with Crippen molar-refractivity contribution in [2.24, 2.45) is 5.92 Å². The molecule has 2 N–H and O–H groups in total. The van der Waals surface area contributed by atoms with E-state index in [1.54, 1.807) is 10.7 Å². The molecule has 2 aromatic rings. The van der Waals surface area contributed by atoms with Crippen molar-refractivity contribution in [2.45, 2.75) is 38.6 Å². The van der Waals surface area contributed by atoms with Gasteiger partial charge in [0, 0.05) is 11.7 Å². The number of carbonyl (C=O) groups excluding carboxylic acids is 1. The molecule has 6 heteroatoms. The molecular formula is C18H21N3O3. The van der Waals surface area contributed by atoms with Gasteiger partial charge >= 0.3 is 5.97 Å². The maximum atomic E-state index is 12.4. The van der Waals surface area contributed by atoms with E-state index in [9.17, 15) is 9.59 Å². The lowest BCUT2D eigenvalue weighted by atomic mass is 9.86. The molecule has 1 aromatic carbocycles. The average Bonchev–Trinajstić information content (AvgIpc) is 2.98. The van der Waals surface area contributed by atoms with Crippen LogP contribution in [0.3, 0.4) is 0 Å². The zero-order valence-corrected chi connectivity index (χ0v) is 13.6. The highest BCUT2D eigenvalue weighted by molar-refractivity contribution is 5.92. The van der Waals surface area contributed by atoms with Crippen molar-refractivity contribution in [3.63, 3.8) is 0 Å². The molecule has 126 valence electrons. The summed E-state index contributed by atoms with van der Waals surface area (Å²) in [6.45, 7) is 1.91. The number of amides is 1. The van der Waals surface area contributed by atoms with E-state index in [0.29, 0.717) is 31.4 Å². The zero-order chi connectivity index (χ0) is 17.1. The number of aromatic nitrogens is 2. The Morgan fingerprint density at radius 1 is 1.17 bits per heavy atom. The van der Waals surface area contributed by atoms with Gasteiger partial charge in [0.15, 0.2) is 5.69 Å². The van der Waals surface area contributed by atoms with Crippen LogP contribution in [-0.2, 0) is 4.79 Å². The highest BCUT2D eigenvalue weighted by Gasteiger charge is 2.27. The molecule has 0 unspecified atom stereocenters. The molecule has 24 heavy (non-hydrogen) atoms. The fourth-order valence-electron chi connectivity index (χ4n) is 3.16. The molecule has 6 nitrogen and oxygen atoms in total. The normalized spacial score (nSPS) is 20.5. The lowest BCUT2D eigenvalue weighted by Crippen LogP contribution is -2.38. The van der Waals surface area contributed by atoms with Gasteiger partial charge in [-0.3, -0.25) is 9.59 Å². The smallest absolute Gasteiger partial charge is 0.306 e. The first-order chi connectivity index (χ1) is 11.5. The maximum Gasteiger partial charge on any atom is 0.306 e. The summed E-state index contributed by atoms with van der Waals surface area (Å²) in [4.78, 5) is 23.4. The number of carbonyl (C=O) groups is 2. The Bertz CT molecular complexity index is 731. The van der Waals surface area contributed by atoms with Crippen LogP contribution >= 0.6 is 0 Å². The lowest BCUT2D eigenvalue weighted by Gasteiger charge is -2.26. The van der Waals surface area contributed by atoms with Crippen molar-refractivity contribution in [1.82, 2.24) is 15.1 Å². The molecule has 1 aliphatic carbocycles. The van der Waals surface area contributed by atoms with Gasteiger partial charge in [-0.25, -0.2) is 4.68 Å². The second-order valence-corrected chi connectivity index (χ2v) is 6.28. The van der Waals surface area contributed by atoms with Gasteiger partial charge in [0.05, 0.1) is 11.6 Å². The van der Waals surface area contributed by atoms with Crippen LogP contribution in [0, 0.1) is 12.8 Å². The van der Waals surface area contributed by atoms with Crippen molar-refractivity contribution in [2.75, 3.05) is 0 Å². The van der Waals surface area contributed by atoms with Gasteiger partial charge in [0.1, 0.15) is 0 Å². The van der Waals surface area contributed by atoms with Crippen LogP contribution in [0.15, 0.2) is 36.4 Å². The van der Waals surface area contributed by atoms with E-state index in [-0.39, 0.29) is 17.9 Å². The number of aryl methyl sites for hydroxylation is 1. The molecule has 3 rings (SSSR count). The van der Waals surface area contributed by atoms with Gasteiger partial charge in [0.25, 0.3) is 5.91 Å². The van der Waals surface area contributed by atoms with Gasteiger partial charge in [-0.2, -0.15) is 5.10 Å². The van der Waals surface area contributed by atoms with Crippen LogP contribution in [0.25, 0.3) is 5.69 Å². The summed E-state index contributed by atoms with van der Waals surface area (Å²) in [6.07, 6.45) is 2.61. The van der Waals surface area contributed by atoms with Gasteiger partial charge < -0.3 is 10.4 Å². The molecule has 0 spiro atoms. The molecular weight excluding hydrogens is 306 g/mol. The first-order valence-electron chi connectivity index (χ1n) is 8.20.